The molecule has 0 bridgehead atoms. The first-order chi connectivity index (χ1) is 10.6. The van der Waals surface area contributed by atoms with E-state index in [9.17, 15) is 15.3 Å². The normalized spacial score (nSPS) is 11.5. The number of para-hydroxylation sites is 1. The standard InChI is InChI=1S/C16H15BrN2O3/c17-13-6-5-12(15(21)16(13)22)10-19-8-7-18-9-11-3-1-2-4-14(11)20/h1-6,9-10,20-22H,7-8H2. The topological polar surface area (TPSA) is 85.4 Å². The highest BCUT2D eigenvalue weighted by Crippen LogP contribution is 2.35. The summed E-state index contributed by atoms with van der Waals surface area (Å²) in [4.78, 5) is 8.31. The van der Waals surface area contributed by atoms with E-state index in [-0.39, 0.29) is 17.2 Å². The molecule has 0 saturated heterocycles. The molecule has 0 amide bonds. The Bertz CT molecular complexity index is 715. The van der Waals surface area contributed by atoms with Gasteiger partial charge in [0.25, 0.3) is 0 Å². The minimum atomic E-state index is -0.212. The van der Waals surface area contributed by atoms with E-state index >= 15 is 0 Å². The number of hydrogen-bond donors (Lipinski definition) is 3. The molecule has 0 fully saturated rings. The van der Waals surface area contributed by atoms with Gasteiger partial charge >= 0.3 is 0 Å². The van der Waals surface area contributed by atoms with Gasteiger partial charge in [0.2, 0.25) is 0 Å². The first kappa shape index (κ1) is 16.0. The van der Waals surface area contributed by atoms with Crippen LogP contribution in [0.4, 0.5) is 0 Å². The predicted octanol–water partition coefficient (Wildman–Crippen LogP) is 3.10. The van der Waals surface area contributed by atoms with Crippen molar-refractivity contribution in [3.8, 4) is 17.2 Å². The maximum atomic E-state index is 9.73. The third kappa shape index (κ3) is 4.08. The van der Waals surface area contributed by atoms with Crippen LogP contribution in [0.15, 0.2) is 50.9 Å². The average molecular weight is 363 g/mol. The molecular weight excluding hydrogens is 348 g/mol. The molecule has 0 aliphatic heterocycles. The van der Waals surface area contributed by atoms with E-state index in [1.165, 1.54) is 6.21 Å². The van der Waals surface area contributed by atoms with E-state index in [0.717, 1.165) is 0 Å². The van der Waals surface area contributed by atoms with Crippen molar-refractivity contribution < 1.29 is 15.3 Å². The number of rotatable bonds is 5. The Kier molecular flexibility index (Phi) is 5.55. The Labute approximate surface area is 136 Å². The number of aromatic hydroxyl groups is 3. The first-order valence-electron chi connectivity index (χ1n) is 6.57. The fourth-order valence-electron chi connectivity index (χ4n) is 1.71. The lowest BCUT2D eigenvalue weighted by Gasteiger charge is -2.03. The highest BCUT2D eigenvalue weighted by Gasteiger charge is 2.07. The van der Waals surface area contributed by atoms with Gasteiger partial charge in [0.1, 0.15) is 5.75 Å². The van der Waals surface area contributed by atoms with Crippen LogP contribution in [0.5, 0.6) is 17.2 Å². The summed E-state index contributed by atoms with van der Waals surface area (Å²) in [5.74, 6) is -0.234. The van der Waals surface area contributed by atoms with Crippen LogP contribution in [-0.2, 0) is 0 Å². The molecule has 0 aliphatic rings. The van der Waals surface area contributed by atoms with E-state index in [4.69, 9.17) is 0 Å². The van der Waals surface area contributed by atoms with Gasteiger partial charge in [0.05, 0.1) is 17.6 Å². The quantitative estimate of drug-likeness (QED) is 0.434. The lowest BCUT2D eigenvalue weighted by Crippen LogP contribution is -1.91. The van der Waals surface area contributed by atoms with Crippen LogP contribution >= 0.6 is 15.9 Å². The van der Waals surface area contributed by atoms with Gasteiger partial charge < -0.3 is 15.3 Å². The number of benzene rings is 2. The minimum Gasteiger partial charge on any atom is -0.507 e. The van der Waals surface area contributed by atoms with E-state index in [0.29, 0.717) is 28.7 Å². The van der Waals surface area contributed by atoms with Crippen LogP contribution in [0.3, 0.4) is 0 Å². The zero-order chi connectivity index (χ0) is 15.9. The fraction of sp³-hybridized carbons (Fsp3) is 0.125. The number of nitrogens with zero attached hydrogens (tertiary/aromatic N) is 2. The second-order valence-electron chi connectivity index (χ2n) is 4.46. The molecule has 0 radical (unpaired) electrons. The van der Waals surface area contributed by atoms with E-state index in [2.05, 4.69) is 25.9 Å². The van der Waals surface area contributed by atoms with Crippen molar-refractivity contribution >= 4 is 28.4 Å². The summed E-state index contributed by atoms with van der Waals surface area (Å²) >= 11 is 3.12. The predicted molar refractivity (Wildman–Crippen MR) is 90.5 cm³/mol. The minimum absolute atomic E-state index is 0.185. The molecule has 3 N–H and O–H groups in total. The third-order valence-corrected chi connectivity index (χ3v) is 3.53. The number of aliphatic imine (C=N–C) groups is 2. The maximum Gasteiger partial charge on any atom is 0.172 e. The van der Waals surface area contributed by atoms with E-state index in [1.807, 2.05) is 6.07 Å². The van der Waals surface area contributed by atoms with Crippen LogP contribution in [0.25, 0.3) is 0 Å². The molecule has 0 heterocycles. The summed E-state index contributed by atoms with van der Waals surface area (Å²) in [5.41, 5.74) is 1.09. The van der Waals surface area contributed by atoms with Gasteiger partial charge in [-0.3, -0.25) is 9.98 Å². The molecule has 114 valence electrons. The average Bonchev–Trinajstić information content (AvgIpc) is 2.52. The monoisotopic (exact) mass is 362 g/mol. The molecular formula is C16H15BrN2O3. The molecule has 0 aliphatic carbocycles. The Balaban J connectivity index is 1.89. The van der Waals surface area contributed by atoms with Crippen molar-refractivity contribution in [2.45, 2.75) is 0 Å². The summed E-state index contributed by atoms with van der Waals surface area (Å²) in [6.45, 7) is 0.883. The van der Waals surface area contributed by atoms with Gasteiger partial charge in [-0.05, 0) is 40.2 Å². The number of hydrogen-bond acceptors (Lipinski definition) is 5. The molecule has 22 heavy (non-hydrogen) atoms. The lowest BCUT2D eigenvalue weighted by molar-refractivity contribution is 0.401. The Morgan fingerprint density at radius 1 is 0.818 bits per heavy atom. The Morgan fingerprint density at radius 2 is 1.45 bits per heavy atom. The molecule has 0 unspecified atom stereocenters. The fourth-order valence-corrected chi connectivity index (χ4v) is 2.03. The molecule has 0 aromatic heterocycles. The van der Waals surface area contributed by atoms with Crippen molar-refractivity contribution in [2.24, 2.45) is 9.98 Å². The van der Waals surface area contributed by atoms with Gasteiger partial charge in [-0.2, -0.15) is 0 Å². The van der Waals surface area contributed by atoms with Crippen LogP contribution in [0, 0.1) is 0 Å². The van der Waals surface area contributed by atoms with Crippen LogP contribution in [0.1, 0.15) is 11.1 Å². The lowest BCUT2D eigenvalue weighted by atomic mass is 10.2. The number of phenolic OH excluding ortho intramolecular Hbond substituents is 3. The zero-order valence-electron chi connectivity index (χ0n) is 11.6. The summed E-state index contributed by atoms with van der Waals surface area (Å²) in [5, 5.41) is 28.9. The molecule has 0 spiro atoms. The Hall–Kier alpha value is -2.34. The van der Waals surface area contributed by atoms with Crippen molar-refractivity contribution in [3.63, 3.8) is 0 Å². The van der Waals surface area contributed by atoms with Gasteiger partial charge in [-0.25, -0.2) is 0 Å². The molecule has 2 aromatic carbocycles. The molecule has 2 rings (SSSR count). The number of phenols is 3. The van der Waals surface area contributed by atoms with E-state index < -0.39 is 0 Å². The first-order valence-corrected chi connectivity index (χ1v) is 7.37. The highest BCUT2D eigenvalue weighted by atomic mass is 79.9. The number of halogens is 1. The van der Waals surface area contributed by atoms with Gasteiger partial charge in [0.15, 0.2) is 11.5 Å². The van der Waals surface area contributed by atoms with Crippen LogP contribution < -0.4 is 0 Å². The molecule has 0 saturated carbocycles. The summed E-state index contributed by atoms with van der Waals surface area (Å²) in [6.07, 6.45) is 3.07. The largest absolute Gasteiger partial charge is 0.507 e. The van der Waals surface area contributed by atoms with Crippen molar-refractivity contribution in [1.29, 1.82) is 0 Å². The van der Waals surface area contributed by atoms with Crippen molar-refractivity contribution in [1.82, 2.24) is 0 Å². The second-order valence-corrected chi connectivity index (χ2v) is 5.32. The molecule has 2 aromatic rings. The summed E-state index contributed by atoms with van der Waals surface area (Å²) in [7, 11) is 0. The maximum absolute atomic E-state index is 9.73. The van der Waals surface area contributed by atoms with Gasteiger partial charge in [-0.1, -0.05) is 12.1 Å². The van der Waals surface area contributed by atoms with Gasteiger partial charge in [-0.15, -0.1) is 0 Å². The smallest absolute Gasteiger partial charge is 0.172 e. The van der Waals surface area contributed by atoms with Crippen molar-refractivity contribution in [3.05, 3.63) is 52.0 Å². The summed E-state index contributed by atoms with van der Waals surface area (Å²) in [6, 6.07) is 10.2. The van der Waals surface area contributed by atoms with Crippen molar-refractivity contribution in [2.75, 3.05) is 13.1 Å². The third-order valence-electron chi connectivity index (χ3n) is 2.89. The molecule has 6 heteroatoms. The SMILES string of the molecule is Oc1ccccc1C=NCCN=Cc1ccc(Br)c(O)c1O. The molecule has 0 atom stereocenters. The van der Waals surface area contributed by atoms with Gasteiger partial charge in [0, 0.05) is 23.6 Å². The molecule has 5 nitrogen and oxygen atoms in total. The Morgan fingerprint density at radius 3 is 2.14 bits per heavy atom. The van der Waals surface area contributed by atoms with Crippen LogP contribution in [0.2, 0.25) is 0 Å². The highest BCUT2D eigenvalue weighted by molar-refractivity contribution is 9.10. The zero-order valence-corrected chi connectivity index (χ0v) is 13.2. The summed E-state index contributed by atoms with van der Waals surface area (Å²) < 4.78 is 0.425. The van der Waals surface area contributed by atoms with Crippen LogP contribution in [-0.4, -0.2) is 40.8 Å². The second kappa shape index (κ2) is 7.61. The van der Waals surface area contributed by atoms with E-state index in [1.54, 1.807) is 36.5 Å².